The SMILES string of the molecule is CCC(C(N)=S)S(=O)(=O)Nc1nnc(CC(C)C)s1. The smallest absolute Gasteiger partial charge is 0.243 e. The van der Waals surface area contributed by atoms with Gasteiger partial charge in [-0.3, -0.25) is 4.72 Å². The first kappa shape index (κ1) is 16.3. The van der Waals surface area contributed by atoms with Gasteiger partial charge in [-0.15, -0.1) is 10.2 Å². The zero-order valence-corrected chi connectivity index (χ0v) is 13.5. The predicted octanol–water partition coefficient (Wildman–Crippen LogP) is 1.54. The molecule has 0 saturated heterocycles. The second-order valence-electron chi connectivity index (χ2n) is 4.55. The Kier molecular flexibility index (Phi) is 5.63. The summed E-state index contributed by atoms with van der Waals surface area (Å²) in [4.78, 5) is -0.0399. The van der Waals surface area contributed by atoms with E-state index in [2.05, 4.69) is 28.8 Å². The number of hydrogen-bond donors (Lipinski definition) is 2. The van der Waals surface area contributed by atoms with Gasteiger partial charge in [0.25, 0.3) is 0 Å². The van der Waals surface area contributed by atoms with Crippen LogP contribution in [-0.4, -0.2) is 28.9 Å². The van der Waals surface area contributed by atoms with E-state index in [1.165, 1.54) is 11.3 Å². The maximum atomic E-state index is 12.1. The first-order chi connectivity index (χ1) is 8.76. The number of thiocarbonyl (C=S) groups is 1. The summed E-state index contributed by atoms with van der Waals surface area (Å²) in [6.07, 6.45) is 1.09. The summed E-state index contributed by atoms with van der Waals surface area (Å²) in [5, 5.41) is 7.94. The molecule has 0 amide bonds. The van der Waals surface area contributed by atoms with Crippen molar-refractivity contribution < 1.29 is 8.42 Å². The summed E-state index contributed by atoms with van der Waals surface area (Å²) in [6, 6.07) is 0. The molecule has 0 spiro atoms. The van der Waals surface area contributed by atoms with Gasteiger partial charge in [-0.05, 0) is 12.3 Å². The number of sulfonamides is 1. The van der Waals surface area contributed by atoms with Gasteiger partial charge in [0.05, 0.1) is 4.99 Å². The third-order valence-corrected chi connectivity index (χ3v) is 5.58. The minimum Gasteiger partial charge on any atom is -0.392 e. The van der Waals surface area contributed by atoms with Crippen molar-refractivity contribution in [3.63, 3.8) is 0 Å². The normalized spacial score (nSPS) is 13.5. The standard InChI is InChI=1S/C10H18N4O2S3/c1-4-7(9(11)17)19(15,16)14-10-13-12-8(18-10)5-6(2)3/h6-7H,4-5H2,1-3H3,(H2,11,17)(H,13,14). The van der Waals surface area contributed by atoms with Crippen molar-refractivity contribution in [2.75, 3.05) is 4.72 Å². The van der Waals surface area contributed by atoms with Gasteiger partial charge in [-0.1, -0.05) is 44.3 Å². The monoisotopic (exact) mass is 322 g/mol. The Morgan fingerprint density at radius 3 is 2.58 bits per heavy atom. The number of anilines is 1. The average Bonchev–Trinajstić information content (AvgIpc) is 2.62. The van der Waals surface area contributed by atoms with Gasteiger partial charge < -0.3 is 5.73 Å². The Bertz CT molecular complexity index is 539. The van der Waals surface area contributed by atoms with Crippen LogP contribution in [0.25, 0.3) is 0 Å². The summed E-state index contributed by atoms with van der Waals surface area (Å²) in [5.41, 5.74) is 5.44. The number of nitrogens with one attached hydrogen (secondary N) is 1. The molecule has 9 heteroatoms. The second-order valence-corrected chi connectivity index (χ2v) is 7.94. The fourth-order valence-corrected chi connectivity index (χ4v) is 4.53. The summed E-state index contributed by atoms with van der Waals surface area (Å²) in [7, 11) is -3.65. The molecule has 1 atom stereocenters. The Balaban J connectivity index is 2.83. The summed E-state index contributed by atoms with van der Waals surface area (Å²) in [6.45, 7) is 5.84. The van der Waals surface area contributed by atoms with Crippen LogP contribution < -0.4 is 10.5 Å². The zero-order chi connectivity index (χ0) is 14.6. The van der Waals surface area contributed by atoms with Crippen molar-refractivity contribution in [2.45, 2.75) is 38.9 Å². The van der Waals surface area contributed by atoms with Crippen molar-refractivity contribution >= 4 is 43.7 Å². The fraction of sp³-hybridized carbons (Fsp3) is 0.700. The van der Waals surface area contributed by atoms with Gasteiger partial charge in [-0.25, -0.2) is 8.42 Å². The van der Waals surface area contributed by atoms with E-state index in [0.29, 0.717) is 12.3 Å². The molecular formula is C10H18N4O2S3. The molecule has 1 rings (SSSR count). The van der Waals surface area contributed by atoms with Crippen LogP contribution >= 0.6 is 23.6 Å². The van der Waals surface area contributed by atoms with Crippen molar-refractivity contribution in [1.82, 2.24) is 10.2 Å². The highest BCUT2D eigenvalue weighted by molar-refractivity contribution is 7.95. The molecule has 6 nitrogen and oxygen atoms in total. The lowest BCUT2D eigenvalue weighted by Gasteiger charge is -2.13. The Morgan fingerprint density at radius 2 is 2.11 bits per heavy atom. The quantitative estimate of drug-likeness (QED) is 0.739. The lowest BCUT2D eigenvalue weighted by Crippen LogP contribution is -2.37. The Hall–Kier alpha value is -0.800. The highest BCUT2D eigenvalue weighted by atomic mass is 32.2. The van der Waals surface area contributed by atoms with Crippen LogP contribution in [-0.2, 0) is 16.4 Å². The molecular weight excluding hydrogens is 304 g/mol. The van der Waals surface area contributed by atoms with E-state index in [1.54, 1.807) is 6.92 Å². The summed E-state index contributed by atoms with van der Waals surface area (Å²) < 4.78 is 26.5. The molecule has 0 fully saturated rings. The molecule has 1 aromatic heterocycles. The van der Waals surface area contributed by atoms with E-state index in [9.17, 15) is 8.42 Å². The maximum absolute atomic E-state index is 12.1. The van der Waals surface area contributed by atoms with Gasteiger partial charge in [0, 0.05) is 6.42 Å². The van der Waals surface area contributed by atoms with Crippen LogP contribution in [0.5, 0.6) is 0 Å². The van der Waals surface area contributed by atoms with Crippen LogP contribution in [0.15, 0.2) is 0 Å². The van der Waals surface area contributed by atoms with Crippen LogP contribution in [0.2, 0.25) is 0 Å². The number of aromatic nitrogens is 2. The lowest BCUT2D eigenvalue weighted by molar-refractivity contribution is 0.594. The molecule has 1 heterocycles. The van der Waals surface area contributed by atoms with Crippen LogP contribution in [0.4, 0.5) is 5.13 Å². The van der Waals surface area contributed by atoms with Crippen molar-refractivity contribution in [2.24, 2.45) is 11.7 Å². The first-order valence-electron chi connectivity index (χ1n) is 5.89. The predicted molar refractivity (Wildman–Crippen MR) is 81.9 cm³/mol. The molecule has 0 saturated carbocycles. The molecule has 0 aliphatic rings. The average molecular weight is 322 g/mol. The Morgan fingerprint density at radius 1 is 1.47 bits per heavy atom. The van der Waals surface area contributed by atoms with Gasteiger partial charge >= 0.3 is 0 Å². The minimum atomic E-state index is -3.65. The van der Waals surface area contributed by atoms with Crippen LogP contribution in [0.1, 0.15) is 32.2 Å². The topological polar surface area (TPSA) is 98.0 Å². The molecule has 0 bridgehead atoms. The number of nitrogens with zero attached hydrogens (tertiary/aromatic N) is 2. The van der Waals surface area contributed by atoms with Gasteiger partial charge in [-0.2, -0.15) is 0 Å². The van der Waals surface area contributed by atoms with Crippen molar-refractivity contribution in [1.29, 1.82) is 0 Å². The van der Waals surface area contributed by atoms with E-state index in [0.717, 1.165) is 11.4 Å². The third kappa shape index (κ3) is 4.66. The Labute approximate surface area is 122 Å². The van der Waals surface area contributed by atoms with Crippen molar-refractivity contribution in [3.8, 4) is 0 Å². The molecule has 1 unspecified atom stereocenters. The van der Waals surface area contributed by atoms with Gasteiger partial charge in [0.2, 0.25) is 15.2 Å². The van der Waals surface area contributed by atoms with Crippen LogP contribution in [0.3, 0.4) is 0 Å². The molecule has 0 radical (unpaired) electrons. The highest BCUT2D eigenvalue weighted by Crippen LogP contribution is 2.21. The van der Waals surface area contributed by atoms with E-state index < -0.39 is 15.3 Å². The first-order valence-corrected chi connectivity index (χ1v) is 8.66. The van der Waals surface area contributed by atoms with Gasteiger partial charge in [0.1, 0.15) is 10.3 Å². The number of nitrogens with two attached hydrogens (primary N) is 1. The summed E-state index contributed by atoms with van der Waals surface area (Å²) in [5.74, 6) is 0.442. The van der Waals surface area contributed by atoms with E-state index in [1.807, 2.05) is 0 Å². The highest BCUT2D eigenvalue weighted by Gasteiger charge is 2.27. The maximum Gasteiger partial charge on any atom is 0.243 e. The number of rotatable bonds is 7. The molecule has 1 aromatic rings. The third-order valence-electron chi connectivity index (χ3n) is 2.34. The van der Waals surface area contributed by atoms with E-state index >= 15 is 0 Å². The van der Waals surface area contributed by atoms with E-state index in [-0.39, 0.29) is 10.1 Å². The molecule has 0 aliphatic carbocycles. The molecule has 0 aromatic carbocycles. The second kappa shape index (κ2) is 6.58. The summed E-state index contributed by atoms with van der Waals surface area (Å²) >= 11 is 6.00. The fourth-order valence-electron chi connectivity index (χ4n) is 1.49. The van der Waals surface area contributed by atoms with Crippen molar-refractivity contribution in [3.05, 3.63) is 5.01 Å². The zero-order valence-electron chi connectivity index (χ0n) is 11.1. The minimum absolute atomic E-state index is 0.0399. The van der Waals surface area contributed by atoms with E-state index in [4.69, 9.17) is 18.0 Å². The molecule has 0 aliphatic heterocycles. The molecule has 3 N–H and O–H groups in total. The molecule has 108 valence electrons. The molecule has 19 heavy (non-hydrogen) atoms. The largest absolute Gasteiger partial charge is 0.392 e. The van der Waals surface area contributed by atoms with Gasteiger partial charge in [0.15, 0.2) is 0 Å². The lowest BCUT2D eigenvalue weighted by atomic mass is 10.1. The number of hydrogen-bond acceptors (Lipinski definition) is 6. The van der Waals surface area contributed by atoms with Crippen LogP contribution in [0, 0.1) is 5.92 Å².